The van der Waals surface area contributed by atoms with Crippen LogP contribution >= 0.6 is 11.6 Å². The minimum Gasteiger partial charge on any atom is -0.376 e. The summed E-state index contributed by atoms with van der Waals surface area (Å²) in [5.41, 5.74) is 0.285. The van der Waals surface area contributed by atoms with Gasteiger partial charge in [0.15, 0.2) is 0 Å². The van der Waals surface area contributed by atoms with Crippen LogP contribution in [0.5, 0.6) is 0 Å². The highest BCUT2D eigenvalue weighted by Gasteiger charge is 2.37. The van der Waals surface area contributed by atoms with Gasteiger partial charge in [-0.3, -0.25) is 4.79 Å². The van der Waals surface area contributed by atoms with Crippen molar-refractivity contribution in [1.29, 1.82) is 0 Å². The molecule has 6 heteroatoms. The van der Waals surface area contributed by atoms with Crippen LogP contribution in [0.2, 0.25) is 5.02 Å². The van der Waals surface area contributed by atoms with Crippen molar-refractivity contribution in [3.8, 4) is 0 Å². The van der Waals surface area contributed by atoms with Crippen LogP contribution in [0, 0.1) is 11.2 Å². The van der Waals surface area contributed by atoms with Gasteiger partial charge in [-0.05, 0) is 62.4 Å². The first-order chi connectivity index (χ1) is 11.1. The molecule has 3 rings (SSSR count). The molecule has 0 aliphatic carbocycles. The largest absolute Gasteiger partial charge is 0.376 e. The Bertz CT molecular complexity index is 566. The Morgan fingerprint density at radius 1 is 1.39 bits per heavy atom. The standard InChI is InChI=1S/C17H22ClFN2O2/c18-12-1-2-15(19)14(9-12)16(22)21-10-13-3-4-17(11-23-13)5-7-20-8-6-17/h1-2,9,13,20H,3-8,10-11H2,(H,21,22). The van der Waals surface area contributed by atoms with Gasteiger partial charge in [0.05, 0.1) is 18.3 Å². The minimum absolute atomic E-state index is 0.00158. The van der Waals surface area contributed by atoms with Crippen LogP contribution in [-0.4, -0.2) is 38.3 Å². The van der Waals surface area contributed by atoms with E-state index in [2.05, 4.69) is 10.6 Å². The summed E-state index contributed by atoms with van der Waals surface area (Å²) in [6, 6.07) is 3.98. The number of amides is 1. The molecule has 0 aromatic heterocycles. The third-order valence-corrected chi connectivity index (χ3v) is 5.18. The van der Waals surface area contributed by atoms with E-state index in [0.717, 1.165) is 45.4 Å². The predicted molar refractivity (Wildman–Crippen MR) is 87.3 cm³/mol. The Morgan fingerprint density at radius 3 is 2.87 bits per heavy atom. The average molecular weight is 341 g/mol. The Kier molecular flexibility index (Phi) is 5.19. The molecule has 1 atom stereocenters. The zero-order chi connectivity index (χ0) is 16.3. The van der Waals surface area contributed by atoms with E-state index in [1.165, 1.54) is 18.2 Å². The molecular weight excluding hydrogens is 319 g/mol. The monoisotopic (exact) mass is 340 g/mol. The molecule has 2 aliphatic heterocycles. The summed E-state index contributed by atoms with van der Waals surface area (Å²) < 4.78 is 19.6. The fourth-order valence-electron chi connectivity index (χ4n) is 3.40. The van der Waals surface area contributed by atoms with Crippen molar-refractivity contribution in [2.75, 3.05) is 26.2 Å². The SMILES string of the molecule is O=C(NCC1CCC2(CCNCC2)CO1)c1cc(Cl)ccc1F. The van der Waals surface area contributed by atoms with Crippen molar-refractivity contribution < 1.29 is 13.9 Å². The van der Waals surface area contributed by atoms with Gasteiger partial charge in [-0.25, -0.2) is 4.39 Å². The van der Waals surface area contributed by atoms with E-state index in [1.807, 2.05) is 0 Å². The lowest BCUT2D eigenvalue weighted by Gasteiger charge is -2.43. The molecular formula is C17H22ClFN2O2. The second kappa shape index (κ2) is 7.16. The molecule has 1 aromatic rings. The van der Waals surface area contributed by atoms with Gasteiger partial charge in [0.25, 0.3) is 5.91 Å². The topological polar surface area (TPSA) is 50.4 Å². The van der Waals surface area contributed by atoms with E-state index in [0.29, 0.717) is 17.0 Å². The number of benzene rings is 1. The zero-order valence-electron chi connectivity index (χ0n) is 13.0. The second-order valence-corrected chi connectivity index (χ2v) is 6.99. The Balaban J connectivity index is 1.49. The lowest BCUT2D eigenvalue weighted by Crippen LogP contribution is -2.46. The molecule has 1 spiro atoms. The fraction of sp³-hybridized carbons (Fsp3) is 0.588. The molecule has 2 aliphatic rings. The fourth-order valence-corrected chi connectivity index (χ4v) is 3.58. The van der Waals surface area contributed by atoms with Crippen LogP contribution in [0.3, 0.4) is 0 Å². The Hall–Kier alpha value is -1.17. The van der Waals surface area contributed by atoms with Crippen molar-refractivity contribution in [2.24, 2.45) is 5.41 Å². The summed E-state index contributed by atoms with van der Waals surface area (Å²) in [6.45, 7) is 3.26. The first kappa shape index (κ1) is 16.7. The number of carbonyl (C=O) groups is 1. The molecule has 0 saturated carbocycles. The van der Waals surface area contributed by atoms with E-state index in [4.69, 9.17) is 16.3 Å². The number of hydrogen-bond donors (Lipinski definition) is 2. The number of halogens is 2. The molecule has 1 amide bonds. The predicted octanol–water partition coefficient (Wildman–Crippen LogP) is 2.76. The van der Waals surface area contributed by atoms with Crippen LogP contribution in [0.4, 0.5) is 4.39 Å². The van der Waals surface area contributed by atoms with Crippen molar-refractivity contribution in [3.63, 3.8) is 0 Å². The first-order valence-electron chi connectivity index (χ1n) is 8.14. The molecule has 0 bridgehead atoms. The van der Waals surface area contributed by atoms with Crippen LogP contribution < -0.4 is 10.6 Å². The van der Waals surface area contributed by atoms with Crippen molar-refractivity contribution in [3.05, 3.63) is 34.6 Å². The maximum atomic E-state index is 13.7. The number of carbonyl (C=O) groups excluding carboxylic acids is 1. The van der Waals surface area contributed by atoms with Gasteiger partial charge in [0.1, 0.15) is 5.82 Å². The zero-order valence-corrected chi connectivity index (χ0v) is 13.8. The first-order valence-corrected chi connectivity index (χ1v) is 8.51. The summed E-state index contributed by atoms with van der Waals surface area (Å²) in [7, 11) is 0. The molecule has 23 heavy (non-hydrogen) atoms. The van der Waals surface area contributed by atoms with Gasteiger partial charge in [-0.1, -0.05) is 11.6 Å². The molecule has 126 valence electrons. The Labute approximate surface area is 140 Å². The van der Waals surface area contributed by atoms with E-state index in [1.54, 1.807) is 0 Å². The van der Waals surface area contributed by atoms with Crippen LogP contribution in [0.25, 0.3) is 0 Å². The molecule has 2 N–H and O–H groups in total. The van der Waals surface area contributed by atoms with Gasteiger partial charge in [-0.15, -0.1) is 0 Å². The summed E-state index contributed by atoms with van der Waals surface area (Å²) in [5, 5.41) is 6.48. The van der Waals surface area contributed by atoms with Crippen LogP contribution in [-0.2, 0) is 4.74 Å². The third-order valence-electron chi connectivity index (χ3n) is 4.95. The van der Waals surface area contributed by atoms with Crippen molar-refractivity contribution >= 4 is 17.5 Å². The maximum absolute atomic E-state index is 13.7. The van der Waals surface area contributed by atoms with E-state index >= 15 is 0 Å². The summed E-state index contributed by atoms with van der Waals surface area (Å²) in [6.07, 6.45) is 4.36. The van der Waals surface area contributed by atoms with E-state index in [-0.39, 0.29) is 11.7 Å². The number of nitrogens with one attached hydrogen (secondary N) is 2. The molecule has 1 aromatic carbocycles. The number of ether oxygens (including phenoxy) is 1. The van der Waals surface area contributed by atoms with Gasteiger partial charge in [0, 0.05) is 11.6 Å². The quantitative estimate of drug-likeness (QED) is 0.889. The van der Waals surface area contributed by atoms with Gasteiger partial charge in [0.2, 0.25) is 0 Å². The van der Waals surface area contributed by atoms with Gasteiger partial charge in [-0.2, -0.15) is 0 Å². The summed E-state index contributed by atoms with van der Waals surface area (Å²) >= 11 is 5.82. The molecule has 2 fully saturated rings. The molecule has 0 radical (unpaired) electrons. The van der Waals surface area contributed by atoms with Crippen LogP contribution in [0.15, 0.2) is 18.2 Å². The highest BCUT2D eigenvalue weighted by molar-refractivity contribution is 6.30. The van der Waals surface area contributed by atoms with Crippen molar-refractivity contribution in [2.45, 2.75) is 31.8 Å². The summed E-state index contributed by atoms with van der Waals surface area (Å²) in [5.74, 6) is -1.01. The normalized spacial score (nSPS) is 23.7. The molecule has 4 nitrogen and oxygen atoms in total. The molecule has 2 saturated heterocycles. The Morgan fingerprint density at radius 2 is 2.17 bits per heavy atom. The minimum atomic E-state index is -0.565. The second-order valence-electron chi connectivity index (χ2n) is 6.56. The van der Waals surface area contributed by atoms with Gasteiger partial charge < -0.3 is 15.4 Å². The van der Waals surface area contributed by atoms with Crippen LogP contribution in [0.1, 0.15) is 36.0 Å². The average Bonchev–Trinajstić information content (AvgIpc) is 2.57. The smallest absolute Gasteiger partial charge is 0.254 e. The molecule has 2 heterocycles. The lowest BCUT2D eigenvalue weighted by atomic mass is 9.74. The lowest BCUT2D eigenvalue weighted by molar-refractivity contribution is -0.0721. The highest BCUT2D eigenvalue weighted by atomic mass is 35.5. The maximum Gasteiger partial charge on any atom is 0.254 e. The number of rotatable bonds is 3. The summed E-state index contributed by atoms with van der Waals surface area (Å²) in [4.78, 5) is 12.1. The molecule has 1 unspecified atom stereocenters. The van der Waals surface area contributed by atoms with E-state index < -0.39 is 11.7 Å². The highest BCUT2D eigenvalue weighted by Crippen LogP contribution is 2.38. The third kappa shape index (κ3) is 4.03. The van der Waals surface area contributed by atoms with Crippen molar-refractivity contribution in [1.82, 2.24) is 10.6 Å². The van der Waals surface area contributed by atoms with Gasteiger partial charge >= 0.3 is 0 Å². The number of hydrogen-bond acceptors (Lipinski definition) is 3. The van der Waals surface area contributed by atoms with E-state index in [9.17, 15) is 9.18 Å². The number of piperidine rings is 1.